The quantitative estimate of drug-likeness (QED) is 0.834. The van der Waals surface area contributed by atoms with Gasteiger partial charge < -0.3 is 16.0 Å². The van der Waals surface area contributed by atoms with Crippen LogP contribution < -0.4 is 16.0 Å². The summed E-state index contributed by atoms with van der Waals surface area (Å²) in [5.74, 6) is 0.00646. The second-order valence-corrected chi connectivity index (χ2v) is 7.71. The van der Waals surface area contributed by atoms with Gasteiger partial charge in [-0.05, 0) is 47.6 Å². The Balaban J connectivity index is 1.76. The van der Waals surface area contributed by atoms with E-state index in [0.29, 0.717) is 6.54 Å². The third-order valence-electron chi connectivity index (χ3n) is 4.73. The first-order valence-electron chi connectivity index (χ1n) is 8.88. The Kier molecular flexibility index (Phi) is 4.71. The van der Waals surface area contributed by atoms with Crippen LogP contribution in [-0.2, 0) is 16.6 Å². The number of fused-ring (bicyclic) bond motifs is 1. The van der Waals surface area contributed by atoms with Gasteiger partial charge in [-0.15, -0.1) is 0 Å². The first-order chi connectivity index (χ1) is 11.9. The van der Waals surface area contributed by atoms with E-state index in [-0.39, 0.29) is 11.3 Å². The number of nitrogens with one attached hydrogen (secondary N) is 1. The highest BCUT2D eigenvalue weighted by atomic mass is 16.2. The molecule has 0 aliphatic carbocycles. The molecule has 3 rings (SSSR count). The van der Waals surface area contributed by atoms with Crippen LogP contribution in [0.2, 0.25) is 0 Å². The molecule has 4 heteroatoms. The fourth-order valence-corrected chi connectivity index (χ4v) is 3.50. The Morgan fingerprint density at radius 1 is 1.16 bits per heavy atom. The minimum atomic E-state index is -0.0178. The van der Waals surface area contributed by atoms with E-state index in [4.69, 9.17) is 5.73 Å². The third kappa shape index (κ3) is 3.78. The van der Waals surface area contributed by atoms with Crippen molar-refractivity contribution in [2.24, 2.45) is 0 Å². The lowest BCUT2D eigenvalue weighted by molar-refractivity contribution is -0.115. The highest BCUT2D eigenvalue weighted by molar-refractivity contribution is 5.95. The molecule has 0 aromatic heterocycles. The van der Waals surface area contributed by atoms with Crippen LogP contribution in [0.25, 0.3) is 0 Å². The number of hydrogen-bond acceptors (Lipinski definition) is 3. The van der Waals surface area contributed by atoms with Crippen molar-refractivity contribution in [3.8, 4) is 0 Å². The number of rotatable bonds is 3. The van der Waals surface area contributed by atoms with Gasteiger partial charge in [0.15, 0.2) is 0 Å². The number of para-hydroxylation sites is 1. The summed E-state index contributed by atoms with van der Waals surface area (Å²) in [6.45, 7) is 7.69. The molecule has 3 N–H and O–H groups in total. The minimum Gasteiger partial charge on any atom is -0.398 e. The topological polar surface area (TPSA) is 58.4 Å². The van der Waals surface area contributed by atoms with E-state index in [1.165, 1.54) is 0 Å². The lowest BCUT2D eigenvalue weighted by Gasteiger charge is -2.31. The molecule has 0 fully saturated rings. The fourth-order valence-electron chi connectivity index (χ4n) is 3.50. The molecule has 0 atom stereocenters. The number of amides is 1. The van der Waals surface area contributed by atoms with Crippen LogP contribution in [0.1, 0.15) is 38.3 Å². The third-order valence-corrected chi connectivity index (χ3v) is 4.73. The maximum Gasteiger partial charge on any atom is 0.243 e. The highest BCUT2D eigenvalue weighted by Gasteiger charge is 2.22. The normalized spacial score (nSPS) is 14.1. The van der Waals surface area contributed by atoms with Gasteiger partial charge in [0.1, 0.15) is 0 Å². The molecular formula is C21H27N3O. The predicted molar refractivity (Wildman–Crippen MR) is 105 cm³/mol. The summed E-state index contributed by atoms with van der Waals surface area (Å²) in [5.41, 5.74) is 11.2. The van der Waals surface area contributed by atoms with Gasteiger partial charge in [-0.1, -0.05) is 45.0 Å². The molecule has 25 heavy (non-hydrogen) atoms. The molecule has 2 aromatic carbocycles. The van der Waals surface area contributed by atoms with E-state index in [1.54, 1.807) is 0 Å². The molecule has 0 spiro atoms. The minimum absolute atomic E-state index is 0.00646. The van der Waals surface area contributed by atoms with Crippen molar-refractivity contribution < 1.29 is 4.79 Å². The number of anilines is 3. The van der Waals surface area contributed by atoms with Crippen molar-refractivity contribution in [3.63, 3.8) is 0 Å². The first-order valence-corrected chi connectivity index (χ1v) is 8.88. The zero-order chi connectivity index (χ0) is 18.0. The molecule has 0 radical (unpaired) electrons. The zero-order valence-corrected chi connectivity index (χ0v) is 15.3. The highest BCUT2D eigenvalue weighted by Crippen LogP contribution is 2.32. The summed E-state index contributed by atoms with van der Waals surface area (Å²) in [7, 11) is 0. The molecule has 0 saturated carbocycles. The number of nitrogen functional groups attached to an aromatic ring is 1. The van der Waals surface area contributed by atoms with E-state index in [0.717, 1.165) is 47.6 Å². The summed E-state index contributed by atoms with van der Waals surface area (Å²) in [6.07, 6.45) is 2.00. The van der Waals surface area contributed by atoms with E-state index >= 15 is 0 Å². The van der Waals surface area contributed by atoms with Gasteiger partial charge in [-0.25, -0.2) is 0 Å². The molecule has 1 amide bonds. The average Bonchev–Trinajstić information content (AvgIpc) is 2.55. The van der Waals surface area contributed by atoms with Crippen molar-refractivity contribution in [2.45, 2.75) is 39.0 Å². The van der Waals surface area contributed by atoms with Crippen LogP contribution in [0.5, 0.6) is 0 Å². The van der Waals surface area contributed by atoms with Gasteiger partial charge in [0.25, 0.3) is 0 Å². The van der Waals surface area contributed by atoms with Crippen LogP contribution in [0.4, 0.5) is 17.1 Å². The molecule has 132 valence electrons. The van der Waals surface area contributed by atoms with Crippen molar-refractivity contribution in [1.82, 2.24) is 0 Å². The van der Waals surface area contributed by atoms with Crippen LogP contribution in [0.15, 0.2) is 42.5 Å². The zero-order valence-electron chi connectivity index (χ0n) is 15.3. The number of carbonyl (C=O) groups is 1. The van der Waals surface area contributed by atoms with E-state index in [1.807, 2.05) is 30.3 Å². The van der Waals surface area contributed by atoms with Crippen molar-refractivity contribution in [1.29, 1.82) is 0 Å². The largest absolute Gasteiger partial charge is 0.398 e. The Hall–Kier alpha value is -2.49. The predicted octanol–water partition coefficient (Wildman–Crippen LogP) is 3.96. The monoisotopic (exact) mass is 337 g/mol. The van der Waals surface area contributed by atoms with Crippen molar-refractivity contribution in [2.75, 3.05) is 29.0 Å². The molecule has 1 aliphatic rings. The molecule has 4 nitrogen and oxygen atoms in total. The molecular weight excluding hydrogens is 310 g/mol. The van der Waals surface area contributed by atoms with E-state index < -0.39 is 0 Å². The maximum atomic E-state index is 12.7. The van der Waals surface area contributed by atoms with Crippen LogP contribution in [-0.4, -0.2) is 19.0 Å². The molecule has 2 aromatic rings. The number of carbonyl (C=O) groups excluding carboxylic acids is 1. The lowest BCUT2D eigenvalue weighted by atomic mass is 9.86. The summed E-state index contributed by atoms with van der Waals surface area (Å²) < 4.78 is 0. The maximum absolute atomic E-state index is 12.7. The van der Waals surface area contributed by atoms with Crippen LogP contribution in [0.3, 0.4) is 0 Å². The standard InChI is InChI=1S/C21H27N3O/c1-21(2,3)16-9-4-5-11-18(16)23-20(25)14-24-13-7-8-15-17(22)10-6-12-19(15)24/h4-6,9-12H,7-8,13-14,22H2,1-3H3,(H,23,25). The summed E-state index contributed by atoms with van der Waals surface area (Å²) in [6, 6.07) is 14.0. The van der Waals surface area contributed by atoms with Crippen molar-refractivity contribution >= 4 is 23.0 Å². The lowest BCUT2D eigenvalue weighted by Crippen LogP contribution is -2.37. The number of benzene rings is 2. The molecule has 0 bridgehead atoms. The smallest absolute Gasteiger partial charge is 0.243 e. The van der Waals surface area contributed by atoms with Gasteiger partial charge in [-0.3, -0.25) is 4.79 Å². The molecule has 0 saturated heterocycles. The summed E-state index contributed by atoms with van der Waals surface area (Å²) >= 11 is 0. The Morgan fingerprint density at radius 2 is 1.92 bits per heavy atom. The van der Waals surface area contributed by atoms with Gasteiger partial charge in [0.2, 0.25) is 5.91 Å². The molecule has 1 aliphatic heterocycles. The Morgan fingerprint density at radius 3 is 2.68 bits per heavy atom. The molecule has 0 unspecified atom stereocenters. The summed E-state index contributed by atoms with van der Waals surface area (Å²) in [4.78, 5) is 14.8. The number of nitrogens with zero attached hydrogens (tertiary/aromatic N) is 1. The van der Waals surface area contributed by atoms with Gasteiger partial charge >= 0.3 is 0 Å². The van der Waals surface area contributed by atoms with Crippen LogP contribution in [0, 0.1) is 0 Å². The number of nitrogens with two attached hydrogens (primary N) is 1. The second-order valence-electron chi connectivity index (χ2n) is 7.71. The number of hydrogen-bond donors (Lipinski definition) is 2. The van der Waals surface area contributed by atoms with Crippen molar-refractivity contribution in [3.05, 3.63) is 53.6 Å². The summed E-state index contributed by atoms with van der Waals surface area (Å²) in [5, 5.41) is 3.10. The second kappa shape index (κ2) is 6.79. The fraction of sp³-hybridized carbons (Fsp3) is 0.381. The van der Waals surface area contributed by atoms with Crippen LogP contribution >= 0.6 is 0 Å². The SMILES string of the molecule is CC(C)(C)c1ccccc1NC(=O)CN1CCCc2c(N)cccc21. The Bertz CT molecular complexity index is 777. The van der Waals surface area contributed by atoms with E-state index in [2.05, 4.69) is 43.1 Å². The van der Waals surface area contributed by atoms with Gasteiger partial charge in [0.05, 0.1) is 6.54 Å². The van der Waals surface area contributed by atoms with Gasteiger partial charge in [0, 0.05) is 23.6 Å². The average molecular weight is 337 g/mol. The first kappa shape index (κ1) is 17.3. The Labute approximate surface area is 150 Å². The molecule has 1 heterocycles. The van der Waals surface area contributed by atoms with E-state index in [9.17, 15) is 4.79 Å². The van der Waals surface area contributed by atoms with Gasteiger partial charge in [-0.2, -0.15) is 0 Å².